The number of benzene rings is 1. The molecule has 0 spiro atoms. The van der Waals surface area contributed by atoms with Crippen molar-refractivity contribution < 1.29 is 4.79 Å². The van der Waals surface area contributed by atoms with Crippen molar-refractivity contribution in [1.82, 2.24) is 9.55 Å². The quantitative estimate of drug-likeness (QED) is 0.564. The van der Waals surface area contributed by atoms with Crippen LogP contribution in [0.15, 0.2) is 52.8 Å². The molecule has 0 unspecified atom stereocenters. The third-order valence-electron chi connectivity index (χ3n) is 3.99. The van der Waals surface area contributed by atoms with Crippen LogP contribution >= 0.6 is 27.3 Å². The van der Waals surface area contributed by atoms with E-state index in [1.54, 1.807) is 12.1 Å². The number of aromatic nitrogens is 2. The maximum absolute atomic E-state index is 12.3. The van der Waals surface area contributed by atoms with Gasteiger partial charge >= 0.3 is 0 Å². The van der Waals surface area contributed by atoms with Gasteiger partial charge < -0.3 is 4.57 Å². The monoisotopic (exact) mass is 415 g/mol. The molecule has 0 aliphatic carbocycles. The van der Waals surface area contributed by atoms with E-state index in [4.69, 9.17) is 0 Å². The lowest BCUT2D eigenvalue weighted by Crippen LogP contribution is -2.11. The highest BCUT2D eigenvalue weighted by Gasteiger charge is 2.14. The molecule has 0 radical (unpaired) electrons. The Balaban J connectivity index is 1.81. The highest BCUT2D eigenvalue weighted by Crippen LogP contribution is 2.30. The molecule has 6 heteroatoms. The van der Waals surface area contributed by atoms with Crippen molar-refractivity contribution in [3.8, 4) is 11.3 Å². The standard InChI is InChI=1S/C19H18BrN3OS/c1-4-9-23-12(2)10-16(13(23)3)17-11-25-19(21-17)22-18(24)14-5-7-15(20)8-6-14/h4-8,10-11H,1,9H2,2-3H3,(H,21,22,24). The Labute approximate surface area is 159 Å². The summed E-state index contributed by atoms with van der Waals surface area (Å²) < 4.78 is 3.14. The number of hydrogen-bond donors (Lipinski definition) is 1. The number of carbonyl (C=O) groups is 1. The van der Waals surface area contributed by atoms with Crippen molar-refractivity contribution in [2.24, 2.45) is 0 Å². The summed E-state index contributed by atoms with van der Waals surface area (Å²) in [6.07, 6.45) is 1.88. The Bertz CT molecular complexity index is 925. The molecule has 1 aromatic carbocycles. The van der Waals surface area contributed by atoms with Crippen LogP contribution in [0, 0.1) is 13.8 Å². The van der Waals surface area contributed by atoms with E-state index in [1.165, 1.54) is 17.0 Å². The van der Waals surface area contributed by atoms with Crippen molar-refractivity contribution in [1.29, 1.82) is 0 Å². The van der Waals surface area contributed by atoms with Gasteiger partial charge in [-0.25, -0.2) is 4.98 Å². The smallest absolute Gasteiger partial charge is 0.257 e. The number of rotatable bonds is 5. The molecule has 0 saturated heterocycles. The molecular formula is C19H18BrN3OS. The number of nitrogens with zero attached hydrogens (tertiary/aromatic N) is 2. The molecule has 2 heterocycles. The molecule has 1 amide bonds. The van der Waals surface area contributed by atoms with Crippen LogP contribution in [-0.2, 0) is 6.54 Å². The fourth-order valence-corrected chi connectivity index (χ4v) is 3.67. The van der Waals surface area contributed by atoms with Crippen molar-refractivity contribution >= 4 is 38.3 Å². The summed E-state index contributed by atoms with van der Waals surface area (Å²) in [6, 6.07) is 9.36. The van der Waals surface area contributed by atoms with Gasteiger partial charge in [-0.05, 0) is 44.2 Å². The molecule has 4 nitrogen and oxygen atoms in total. The van der Waals surface area contributed by atoms with Crippen molar-refractivity contribution in [2.75, 3.05) is 5.32 Å². The van der Waals surface area contributed by atoms with E-state index in [2.05, 4.69) is 57.3 Å². The zero-order chi connectivity index (χ0) is 18.0. The third-order valence-corrected chi connectivity index (χ3v) is 5.28. The predicted molar refractivity (Wildman–Crippen MR) is 107 cm³/mol. The van der Waals surface area contributed by atoms with Gasteiger partial charge in [0, 0.05) is 38.9 Å². The first-order valence-corrected chi connectivity index (χ1v) is 9.47. The fourth-order valence-electron chi connectivity index (χ4n) is 2.70. The van der Waals surface area contributed by atoms with E-state index in [9.17, 15) is 4.79 Å². The van der Waals surface area contributed by atoms with Crippen molar-refractivity contribution in [2.45, 2.75) is 20.4 Å². The van der Waals surface area contributed by atoms with Crippen molar-refractivity contribution in [3.63, 3.8) is 0 Å². The lowest BCUT2D eigenvalue weighted by atomic mass is 10.2. The molecule has 0 atom stereocenters. The molecule has 128 valence electrons. The summed E-state index contributed by atoms with van der Waals surface area (Å²) in [5.74, 6) is -0.162. The summed E-state index contributed by atoms with van der Waals surface area (Å²) in [5, 5.41) is 5.43. The van der Waals surface area contributed by atoms with Crippen LogP contribution in [0.1, 0.15) is 21.7 Å². The van der Waals surface area contributed by atoms with Gasteiger partial charge in [0.2, 0.25) is 0 Å². The zero-order valence-corrected chi connectivity index (χ0v) is 16.4. The number of carbonyl (C=O) groups excluding carboxylic acids is 1. The van der Waals surface area contributed by atoms with E-state index in [0.29, 0.717) is 10.7 Å². The van der Waals surface area contributed by atoms with Gasteiger partial charge in [-0.2, -0.15) is 0 Å². The molecule has 0 saturated carbocycles. The summed E-state index contributed by atoms with van der Waals surface area (Å²) in [5.41, 5.74) is 4.87. The number of allylic oxidation sites excluding steroid dienone is 1. The van der Waals surface area contributed by atoms with E-state index >= 15 is 0 Å². The van der Waals surface area contributed by atoms with E-state index in [1.807, 2.05) is 23.6 Å². The van der Waals surface area contributed by atoms with Crippen LogP contribution in [-0.4, -0.2) is 15.5 Å². The normalized spacial score (nSPS) is 10.7. The molecule has 3 aromatic rings. The minimum absolute atomic E-state index is 0.162. The third kappa shape index (κ3) is 3.75. The van der Waals surface area contributed by atoms with Gasteiger partial charge in [-0.3, -0.25) is 10.1 Å². The lowest BCUT2D eigenvalue weighted by Gasteiger charge is -2.05. The number of hydrogen-bond acceptors (Lipinski definition) is 3. The number of nitrogens with one attached hydrogen (secondary N) is 1. The highest BCUT2D eigenvalue weighted by atomic mass is 79.9. The summed E-state index contributed by atoms with van der Waals surface area (Å²) in [7, 11) is 0. The maximum atomic E-state index is 12.3. The second-order valence-electron chi connectivity index (χ2n) is 5.68. The Morgan fingerprint density at radius 2 is 2.08 bits per heavy atom. The van der Waals surface area contributed by atoms with Gasteiger partial charge in [-0.1, -0.05) is 22.0 Å². The van der Waals surface area contributed by atoms with Gasteiger partial charge in [0.15, 0.2) is 5.13 Å². The van der Waals surface area contributed by atoms with Gasteiger partial charge in [0.1, 0.15) is 0 Å². The van der Waals surface area contributed by atoms with E-state index in [0.717, 1.165) is 28.0 Å². The van der Waals surface area contributed by atoms with Crippen LogP contribution < -0.4 is 5.32 Å². The van der Waals surface area contributed by atoms with Gasteiger partial charge in [0.05, 0.1) is 5.69 Å². The van der Waals surface area contributed by atoms with E-state index < -0.39 is 0 Å². The zero-order valence-electron chi connectivity index (χ0n) is 14.0. The Morgan fingerprint density at radius 1 is 1.36 bits per heavy atom. The predicted octanol–water partition coefficient (Wildman–Crippen LogP) is 5.43. The van der Waals surface area contributed by atoms with Crippen molar-refractivity contribution in [3.05, 3.63) is 69.8 Å². The number of thiazole rings is 1. The number of aryl methyl sites for hydroxylation is 1. The SMILES string of the molecule is C=CCn1c(C)cc(-c2csc(NC(=O)c3ccc(Br)cc3)n2)c1C. The molecular weight excluding hydrogens is 398 g/mol. The first-order chi connectivity index (χ1) is 12.0. The molecule has 0 aliphatic rings. The minimum atomic E-state index is -0.162. The van der Waals surface area contributed by atoms with E-state index in [-0.39, 0.29) is 5.91 Å². The molecule has 0 fully saturated rings. The Kier molecular flexibility index (Phi) is 5.20. The highest BCUT2D eigenvalue weighted by molar-refractivity contribution is 9.10. The average Bonchev–Trinajstić information content (AvgIpc) is 3.15. The van der Waals surface area contributed by atoms with Crippen LogP contribution in [0.4, 0.5) is 5.13 Å². The summed E-state index contributed by atoms with van der Waals surface area (Å²) in [4.78, 5) is 16.9. The molecule has 1 N–H and O–H groups in total. The Morgan fingerprint density at radius 3 is 2.76 bits per heavy atom. The number of anilines is 1. The molecule has 2 aromatic heterocycles. The maximum Gasteiger partial charge on any atom is 0.257 e. The first-order valence-electron chi connectivity index (χ1n) is 7.80. The number of amides is 1. The molecule has 0 aliphatic heterocycles. The summed E-state index contributed by atoms with van der Waals surface area (Å²) >= 11 is 4.79. The van der Waals surface area contributed by atoms with Crippen LogP contribution in [0.2, 0.25) is 0 Å². The average molecular weight is 416 g/mol. The first kappa shape index (κ1) is 17.6. The van der Waals surface area contributed by atoms with Crippen LogP contribution in [0.25, 0.3) is 11.3 Å². The van der Waals surface area contributed by atoms with Gasteiger partial charge in [0.25, 0.3) is 5.91 Å². The summed E-state index contributed by atoms with van der Waals surface area (Å²) in [6.45, 7) is 8.73. The van der Waals surface area contributed by atoms with Gasteiger partial charge in [-0.15, -0.1) is 17.9 Å². The number of halogens is 1. The topological polar surface area (TPSA) is 46.9 Å². The van der Waals surface area contributed by atoms with Crippen LogP contribution in [0.3, 0.4) is 0 Å². The largest absolute Gasteiger partial charge is 0.345 e. The molecule has 3 rings (SSSR count). The fraction of sp³-hybridized carbons (Fsp3) is 0.158. The van der Waals surface area contributed by atoms with Crippen LogP contribution in [0.5, 0.6) is 0 Å². The second-order valence-corrected chi connectivity index (χ2v) is 7.46. The Hall–Kier alpha value is -2.18. The second kappa shape index (κ2) is 7.37. The minimum Gasteiger partial charge on any atom is -0.345 e. The lowest BCUT2D eigenvalue weighted by molar-refractivity contribution is 0.102. The molecule has 0 bridgehead atoms. The molecule has 25 heavy (non-hydrogen) atoms.